The zero-order valence-corrected chi connectivity index (χ0v) is 17.9. The lowest BCUT2D eigenvalue weighted by Gasteiger charge is -2.12. The van der Waals surface area contributed by atoms with Gasteiger partial charge < -0.3 is 14.8 Å². The fourth-order valence-corrected chi connectivity index (χ4v) is 3.18. The van der Waals surface area contributed by atoms with E-state index in [1.807, 2.05) is 68.4 Å². The van der Waals surface area contributed by atoms with Crippen molar-refractivity contribution in [2.75, 3.05) is 12.4 Å². The molecule has 1 N–H and O–H groups in total. The molecule has 3 aromatic carbocycles. The summed E-state index contributed by atoms with van der Waals surface area (Å²) in [6.45, 7) is 6.49. The minimum absolute atomic E-state index is 0.175. The average Bonchev–Trinajstić information content (AvgIpc) is 2.74. The number of rotatable bonds is 7. The molecule has 0 aliphatic carbocycles. The molecule has 0 bridgehead atoms. The highest BCUT2D eigenvalue weighted by Crippen LogP contribution is 2.29. The van der Waals surface area contributed by atoms with Crippen LogP contribution < -0.4 is 14.8 Å². The molecule has 0 fully saturated rings. The van der Waals surface area contributed by atoms with Gasteiger partial charge in [-0.05, 0) is 66.8 Å². The minimum Gasteiger partial charge on any atom is -0.493 e. The molecule has 3 rings (SSSR count). The first-order valence-electron chi connectivity index (χ1n) is 9.88. The topological polar surface area (TPSA) is 47.6 Å². The molecular formula is C26H27NO3. The van der Waals surface area contributed by atoms with Crippen LogP contribution in [0.15, 0.2) is 66.7 Å². The van der Waals surface area contributed by atoms with E-state index in [0.29, 0.717) is 18.1 Å². The molecule has 0 atom stereocenters. The van der Waals surface area contributed by atoms with Crippen molar-refractivity contribution in [1.82, 2.24) is 0 Å². The van der Waals surface area contributed by atoms with E-state index in [9.17, 15) is 4.79 Å². The van der Waals surface area contributed by atoms with Gasteiger partial charge in [0.05, 0.1) is 7.11 Å². The molecule has 30 heavy (non-hydrogen) atoms. The fraction of sp³-hybridized carbons (Fsp3) is 0.192. The second-order valence-electron chi connectivity index (χ2n) is 7.21. The second-order valence-corrected chi connectivity index (χ2v) is 7.21. The Morgan fingerprint density at radius 1 is 0.900 bits per heavy atom. The Morgan fingerprint density at radius 2 is 1.60 bits per heavy atom. The molecule has 4 heteroatoms. The van der Waals surface area contributed by atoms with Crippen LogP contribution in [0.2, 0.25) is 0 Å². The molecule has 1 amide bonds. The van der Waals surface area contributed by atoms with E-state index in [-0.39, 0.29) is 5.91 Å². The van der Waals surface area contributed by atoms with E-state index in [4.69, 9.17) is 9.47 Å². The Labute approximate surface area is 178 Å². The van der Waals surface area contributed by atoms with Gasteiger partial charge in [-0.1, -0.05) is 48.5 Å². The SMILES string of the molecule is COc1cc(C=CC(=O)Nc2c(C)cccc2C)ccc1OCc1ccccc1C. The predicted octanol–water partition coefficient (Wildman–Crippen LogP) is 5.85. The van der Waals surface area contributed by atoms with E-state index in [2.05, 4.69) is 18.3 Å². The van der Waals surface area contributed by atoms with Crippen molar-refractivity contribution in [1.29, 1.82) is 0 Å². The van der Waals surface area contributed by atoms with Crippen LogP contribution in [0, 0.1) is 20.8 Å². The van der Waals surface area contributed by atoms with Crippen LogP contribution in [0.1, 0.15) is 27.8 Å². The third-order valence-corrected chi connectivity index (χ3v) is 4.99. The maximum absolute atomic E-state index is 12.3. The number of benzene rings is 3. The molecule has 0 aromatic heterocycles. The monoisotopic (exact) mass is 401 g/mol. The van der Waals surface area contributed by atoms with Crippen LogP contribution in [0.5, 0.6) is 11.5 Å². The first-order chi connectivity index (χ1) is 14.5. The molecule has 0 aliphatic rings. The number of ether oxygens (including phenoxy) is 2. The van der Waals surface area contributed by atoms with Crippen molar-refractivity contribution < 1.29 is 14.3 Å². The highest BCUT2D eigenvalue weighted by molar-refractivity contribution is 6.02. The number of nitrogens with one attached hydrogen (secondary N) is 1. The van der Waals surface area contributed by atoms with Crippen molar-refractivity contribution in [3.8, 4) is 11.5 Å². The quantitative estimate of drug-likeness (QED) is 0.505. The third-order valence-electron chi connectivity index (χ3n) is 4.99. The van der Waals surface area contributed by atoms with Gasteiger partial charge in [0, 0.05) is 11.8 Å². The summed E-state index contributed by atoms with van der Waals surface area (Å²) in [6, 6.07) is 19.7. The number of carbonyl (C=O) groups is 1. The van der Waals surface area contributed by atoms with Crippen LogP contribution in [-0.4, -0.2) is 13.0 Å². The van der Waals surface area contributed by atoms with Gasteiger partial charge in [0.25, 0.3) is 0 Å². The smallest absolute Gasteiger partial charge is 0.248 e. The van der Waals surface area contributed by atoms with Gasteiger partial charge >= 0.3 is 0 Å². The first kappa shape index (κ1) is 21.2. The zero-order valence-electron chi connectivity index (χ0n) is 17.9. The summed E-state index contributed by atoms with van der Waals surface area (Å²) in [4.78, 5) is 12.3. The standard InChI is InChI=1S/C26H27NO3/c1-18-8-5-6-11-22(18)17-30-23-14-12-21(16-24(23)29-4)13-15-25(28)27-26-19(2)9-7-10-20(26)3/h5-16H,17H2,1-4H3,(H,27,28). The van der Waals surface area contributed by atoms with Crippen molar-refractivity contribution in [2.45, 2.75) is 27.4 Å². The normalized spacial score (nSPS) is 10.8. The Balaban J connectivity index is 1.68. The summed E-state index contributed by atoms with van der Waals surface area (Å²) in [7, 11) is 1.61. The van der Waals surface area contributed by atoms with Gasteiger partial charge in [-0.2, -0.15) is 0 Å². The van der Waals surface area contributed by atoms with Gasteiger partial charge in [-0.15, -0.1) is 0 Å². The lowest BCUT2D eigenvalue weighted by Crippen LogP contribution is -2.10. The van der Waals surface area contributed by atoms with Gasteiger partial charge in [-0.25, -0.2) is 0 Å². The maximum atomic E-state index is 12.3. The zero-order chi connectivity index (χ0) is 21.5. The molecular weight excluding hydrogens is 374 g/mol. The lowest BCUT2D eigenvalue weighted by molar-refractivity contribution is -0.111. The van der Waals surface area contributed by atoms with Crippen molar-refractivity contribution in [3.05, 3.63) is 94.6 Å². The number of hydrogen-bond donors (Lipinski definition) is 1. The van der Waals surface area contributed by atoms with Crippen molar-refractivity contribution >= 4 is 17.7 Å². The molecule has 3 aromatic rings. The highest BCUT2D eigenvalue weighted by Gasteiger charge is 2.08. The van der Waals surface area contributed by atoms with Gasteiger partial charge in [0.15, 0.2) is 11.5 Å². The second kappa shape index (κ2) is 9.79. The summed E-state index contributed by atoms with van der Waals surface area (Å²) < 4.78 is 11.4. The predicted molar refractivity (Wildman–Crippen MR) is 122 cm³/mol. The number of methoxy groups -OCH3 is 1. The number of aryl methyl sites for hydroxylation is 3. The number of para-hydroxylation sites is 1. The summed E-state index contributed by atoms with van der Waals surface area (Å²) >= 11 is 0. The van der Waals surface area contributed by atoms with E-state index in [1.54, 1.807) is 13.2 Å². The highest BCUT2D eigenvalue weighted by atomic mass is 16.5. The number of hydrogen-bond acceptors (Lipinski definition) is 3. The van der Waals surface area contributed by atoms with Gasteiger partial charge in [-0.3, -0.25) is 4.79 Å². The minimum atomic E-state index is -0.175. The number of carbonyl (C=O) groups excluding carboxylic acids is 1. The van der Waals surface area contributed by atoms with Crippen LogP contribution in [-0.2, 0) is 11.4 Å². The molecule has 0 saturated carbocycles. The van der Waals surface area contributed by atoms with Crippen molar-refractivity contribution in [3.63, 3.8) is 0 Å². The van der Waals surface area contributed by atoms with E-state index in [1.165, 1.54) is 11.6 Å². The van der Waals surface area contributed by atoms with Crippen LogP contribution >= 0.6 is 0 Å². The lowest BCUT2D eigenvalue weighted by atomic mass is 10.1. The molecule has 0 radical (unpaired) electrons. The molecule has 4 nitrogen and oxygen atoms in total. The Kier molecular flexibility index (Phi) is 6.91. The van der Waals surface area contributed by atoms with Gasteiger partial charge in [0.1, 0.15) is 6.61 Å². The van der Waals surface area contributed by atoms with Gasteiger partial charge in [0.2, 0.25) is 5.91 Å². The molecule has 0 spiro atoms. The third kappa shape index (κ3) is 5.29. The summed E-state index contributed by atoms with van der Waals surface area (Å²) in [5.74, 6) is 1.12. The Morgan fingerprint density at radius 3 is 2.30 bits per heavy atom. The first-order valence-corrected chi connectivity index (χ1v) is 9.88. The molecule has 0 unspecified atom stereocenters. The molecule has 154 valence electrons. The van der Waals surface area contributed by atoms with Crippen LogP contribution in [0.4, 0.5) is 5.69 Å². The number of amides is 1. The van der Waals surface area contributed by atoms with E-state index < -0.39 is 0 Å². The van der Waals surface area contributed by atoms with E-state index >= 15 is 0 Å². The Hall–Kier alpha value is -3.53. The Bertz CT molecular complexity index is 1050. The molecule has 0 aliphatic heterocycles. The largest absolute Gasteiger partial charge is 0.493 e. The maximum Gasteiger partial charge on any atom is 0.248 e. The summed E-state index contributed by atoms with van der Waals surface area (Å²) in [5, 5.41) is 2.95. The molecule has 0 saturated heterocycles. The average molecular weight is 402 g/mol. The summed E-state index contributed by atoms with van der Waals surface area (Å²) in [6.07, 6.45) is 3.28. The summed E-state index contributed by atoms with van der Waals surface area (Å²) in [5.41, 5.74) is 6.09. The fourth-order valence-electron chi connectivity index (χ4n) is 3.18. The molecule has 0 heterocycles. The van der Waals surface area contributed by atoms with E-state index in [0.717, 1.165) is 27.9 Å². The van der Waals surface area contributed by atoms with Crippen LogP contribution in [0.25, 0.3) is 6.08 Å². The van der Waals surface area contributed by atoms with Crippen LogP contribution in [0.3, 0.4) is 0 Å². The number of anilines is 1. The van der Waals surface area contributed by atoms with Crippen molar-refractivity contribution in [2.24, 2.45) is 0 Å².